The zero-order valence-corrected chi connectivity index (χ0v) is 29.5. The Morgan fingerprint density at radius 2 is 0.744 bits per heavy atom. The van der Waals surface area contributed by atoms with E-state index in [1.807, 2.05) is 0 Å². The third-order valence-electron chi connectivity index (χ3n) is 9.37. The molecule has 4 heteroatoms. The second-order valence-electron chi connectivity index (χ2n) is 13.7. The van der Waals surface area contributed by atoms with Gasteiger partial charge in [0.15, 0.2) is 0 Å². The van der Waals surface area contributed by atoms with Gasteiger partial charge in [-0.25, -0.2) is 0 Å². The van der Waals surface area contributed by atoms with Crippen molar-refractivity contribution in [2.45, 2.75) is 238 Å². The van der Waals surface area contributed by atoms with Gasteiger partial charge in [0.2, 0.25) is 5.91 Å². The summed E-state index contributed by atoms with van der Waals surface area (Å²) in [6.45, 7) is 4.31. The molecule has 0 aliphatic heterocycles. The van der Waals surface area contributed by atoms with Crippen LogP contribution in [0.25, 0.3) is 0 Å². The van der Waals surface area contributed by atoms with Gasteiger partial charge in [-0.15, -0.1) is 0 Å². The second kappa shape index (κ2) is 35.9. The van der Waals surface area contributed by atoms with Gasteiger partial charge in [-0.3, -0.25) is 4.79 Å². The van der Waals surface area contributed by atoms with E-state index in [4.69, 9.17) is 0 Å². The van der Waals surface area contributed by atoms with Gasteiger partial charge in [-0.2, -0.15) is 0 Å². The van der Waals surface area contributed by atoms with E-state index in [2.05, 4.69) is 19.2 Å². The molecule has 0 spiro atoms. The molecular formula is C39H79NO3. The molecule has 1 amide bonds. The predicted molar refractivity (Wildman–Crippen MR) is 189 cm³/mol. The van der Waals surface area contributed by atoms with Crippen LogP contribution in [-0.2, 0) is 4.79 Å². The Labute approximate surface area is 270 Å². The molecule has 0 rings (SSSR count). The Kier molecular flexibility index (Phi) is 35.4. The number of carbonyl (C=O) groups excluding carboxylic acids is 1. The number of nitrogens with one attached hydrogen (secondary N) is 1. The van der Waals surface area contributed by atoms with Crippen molar-refractivity contribution >= 4 is 5.91 Å². The van der Waals surface area contributed by atoms with Crippen LogP contribution in [0, 0.1) is 0 Å². The Balaban J connectivity index is 3.35. The molecule has 2 atom stereocenters. The van der Waals surface area contributed by atoms with Crippen molar-refractivity contribution in [3.05, 3.63) is 0 Å². The monoisotopic (exact) mass is 610 g/mol. The number of amides is 1. The number of aliphatic hydroxyl groups is 2. The molecule has 3 N–H and O–H groups in total. The number of hydrogen-bond acceptors (Lipinski definition) is 3. The summed E-state index contributed by atoms with van der Waals surface area (Å²) < 4.78 is 0. The van der Waals surface area contributed by atoms with Crippen molar-refractivity contribution in [3.63, 3.8) is 0 Å². The van der Waals surface area contributed by atoms with E-state index in [1.54, 1.807) is 0 Å². The molecule has 0 aromatic heterocycles. The van der Waals surface area contributed by atoms with Crippen molar-refractivity contribution in [2.75, 3.05) is 6.61 Å². The van der Waals surface area contributed by atoms with E-state index in [-0.39, 0.29) is 12.5 Å². The number of carbonyl (C=O) groups is 1. The lowest BCUT2D eigenvalue weighted by atomic mass is 10.0. The van der Waals surface area contributed by atoms with Crippen molar-refractivity contribution < 1.29 is 15.0 Å². The largest absolute Gasteiger partial charge is 0.394 e. The zero-order valence-electron chi connectivity index (χ0n) is 29.5. The Morgan fingerprint density at radius 1 is 0.465 bits per heavy atom. The lowest BCUT2D eigenvalue weighted by Crippen LogP contribution is -2.45. The molecule has 0 aromatic carbocycles. The quantitative estimate of drug-likeness (QED) is 0.0619. The highest BCUT2D eigenvalue weighted by Crippen LogP contribution is 2.16. The van der Waals surface area contributed by atoms with Crippen molar-refractivity contribution in [2.24, 2.45) is 0 Å². The first-order valence-corrected chi connectivity index (χ1v) is 19.7. The molecule has 0 heterocycles. The van der Waals surface area contributed by atoms with Crippen LogP contribution in [0.3, 0.4) is 0 Å². The Bertz CT molecular complexity index is 541. The molecule has 0 bridgehead atoms. The maximum absolute atomic E-state index is 12.3. The standard InChI is InChI=1S/C39H79NO3/c1-3-5-7-9-11-12-13-14-15-16-17-18-19-20-21-22-23-24-25-26-27-28-29-31-33-35-39(43)40-37(36-41)38(42)34-32-30-10-8-6-4-2/h37-38,41-42H,3-36H2,1-2H3,(H,40,43). The molecule has 0 fully saturated rings. The van der Waals surface area contributed by atoms with Crippen LogP contribution >= 0.6 is 0 Å². The van der Waals surface area contributed by atoms with Crippen LogP contribution in [0.5, 0.6) is 0 Å². The summed E-state index contributed by atoms with van der Waals surface area (Å²) in [4.78, 5) is 12.3. The lowest BCUT2D eigenvalue weighted by Gasteiger charge is -2.22. The van der Waals surface area contributed by atoms with E-state index in [9.17, 15) is 15.0 Å². The van der Waals surface area contributed by atoms with Crippen LogP contribution in [-0.4, -0.2) is 34.9 Å². The first kappa shape index (κ1) is 42.4. The minimum absolute atomic E-state index is 0.0323. The minimum Gasteiger partial charge on any atom is -0.394 e. The first-order chi connectivity index (χ1) is 21.2. The van der Waals surface area contributed by atoms with Crippen molar-refractivity contribution in [3.8, 4) is 0 Å². The van der Waals surface area contributed by atoms with Gasteiger partial charge in [0.1, 0.15) is 0 Å². The molecular weight excluding hydrogens is 530 g/mol. The zero-order chi connectivity index (χ0) is 31.5. The van der Waals surface area contributed by atoms with Gasteiger partial charge in [0, 0.05) is 6.42 Å². The summed E-state index contributed by atoms with van der Waals surface area (Å²) in [5.74, 6) is -0.0323. The fourth-order valence-corrected chi connectivity index (χ4v) is 6.30. The minimum atomic E-state index is -0.649. The molecule has 258 valence electrons. The fourth-order valence-electron chi connectivity index (χ4n) is 6.30. The third-order valence-corrected chi connectivity index (χ3v) is 9.37. The summed E-state index contributed by atoms with van der Waals surface area (Å²) in [7, 11) is 0. The topological polar surface area (TPSA) is 69.6 Å². The van der Waals surface area contributed by atoms with E-state index >= 15 is 0 Å². The SMILES string of the molecule is CCCCCCCCCCCCCCCCCCCCCCCCCCCC(=O)NC(CO)C(O)CCCCCCCC. The normalized spacial score (nSPS) is 12.9. The Hall–Kier alpha value is -0.610. The number of unbranched alkanes of at least 4 members (excludes halogenated alkanes) is 29. The van der Waals surface area contributed by atoms with Crippen LogP contribution in [0.1, 0.15) is 226 Å². The number of hydrogen-bond donors (Lipinski definition) is 3. The Morgan fingerprint density at radius 3 is 1.05 bits per heavy atom. The summed E-state index contributed by atoms with van der Waals surface area (Å²) in [5, 5.41) is 22.8. The van der Waals surface area contributed by atoms with Gasteiger partial charge < -0.3 is 15.5 Å². The van der Waals surface area contributed by atoms with E-state index < -0.39 is 12.1 Å². The van der Waals surface area contributed by atoms with E-state index in [0.717, 1.165) is 25.7 Å². The molecule has 0 aliphatic carbocycles. The number of rotatable bonds is 36. The highest BCUT2D eigenvalue weighted by atomic mass is 16.3. The molecule has 4 nitrogen and oxygen atoms in total. The summed E-state index contributed by atoms with van der Waals surface area (Å²) in [5.41, 5.74) is 0. The van der Waals surface area contributed by atoms with Crippen LogP contribution in [0.4, 0.5) is 0 Å². The summed E-state index contributed by atoms with van der Waals surface area (Å²) >= 11 is 0. The van der Waals surface area contributed by atoms with Crippen LogP contribution in [0.2, 0.25) is 0 Å². The van der Waals surface area contributed by atoms with Gasteiger partial charge in [0.05, 0.1) is 18.8 Å². The van der Waals surface area contributed by atoms with Gasteiger partial charge >= 0.3 is 0 Å². The first-order valence-electron chi connectivity index (χ1n) is 19.7. The van der Waals surface area contributed by atoms with Gasteiger partial charge in [0.25, 0.3) is 0 Å². The van der Waals surface area contributed by atoms with Gasteiger partial charge in [-0.05, 0) is 12.8 Å². The molecule has 0 aromatic rings. The third kappa shape index (κ3) is 32.6. The highest BCUT2D eigenvalue weighted by molar-refractivity contribution is 5.76. The lowest BCUT2D eigenvalue weighted by molar-refractivity contribution is -0.123. The molecule has 0 radical (unpaired) electrons. The van der Waals surface area contributed by atoms with E-state index in [0.29, 0.717) is 12.8 Å². The maximum atomic E-state index is 12.3. The van der Waals surface area contributed by atoms with Crippen molar-refractivity contribution in [1.82, 2.24) is 5.32 Å². The van der Waals surface area contributed by atoms with E-state index in [1.165, 1.54) is 173 Å². The fraction of sp³-hybridized carbons (Fsp3) is 0.974. The molecule has 0 aliphatic rings. The molecule has 0 saturated carbocycles. The smallest absolute Gasteiger partial charge is 0.220 e. The predicted octanol–water partition coefficient (Wildman–Crippen LogP) is 11.7. The molecule has 2 unspecified atom stereocenters. The van der Waals surface area contributed by atoms with Crippen LogP contribution < -0.4 is 5.32 Å². The number of aliphatic hydroxyl groups excluding tert-OH is 2. The average molecular weight is 610 g/mol. The summed E-state index contributed by atoms with van der Waals surface area (Å²) in [6.07, 6.45) is 42.0. The second-order valence-corrected chi connectivity index (χ2v) is 13.7. The molecule has 43 heavy (non-hydrogen) atoms. The van der Waals surface area contributed by atoms with Crippen LogP contribution in [0.15, 0.2) is 0 Å². The maximum Gasteiger partial charge on any atom is 0.220 e. The molecule has 0 saturated heterocycles. The van der Waals surface area contributed by atoms with Crippen molar-refractivity contribution in [1.29, 1.82) is 0 Å². The van der Waals surface area contributed by atoms with Gasteiger partial charge in [-0.1, -0.05) is 206 Å². The average Bonchev–Trinajstić information content (AvgIpc) is 3.01. The highest BCUT2D eigenvalue weighted by Gasteiger charge is 2.19. The summed E-state index contributed by atoms with van der Waals surface area (Å²) in [6, 6.07) is -0.526.